The lowest BCUT2D eigenvalue weighted by molar-refractivity contribution is 0.969. The summed E-state index contributed by atoms with van der Waals surface area (Å²) in [7, 11) is 0. The zero-order valence-electron chi connectivity index (χ0n) is 7.81. The van der Waals surface area contributed by atoms with Crippen molar-refractivity contribution in [1.82, 2.24) is 4.98 Å². The summed E-state index contributed by atoms with van der Waals surface area (Å²) < 4.78 is 0. The molecule has 0 aliphatic rings. The first-order chi connectivity index (χ1) is 6.90. The third-order valence-corrected chi connectivity index (χ3v) is 2.86. The molecule has 2 aromatic rings. The van der Waals surface area contributed by atoms with Gasteiger partial charge in [0.1, 0.15) is 5.01 Å². The van der Waals surface area contributed by atoms with Crippen LogP contribution in [0.15, 0.2) is 35.8 Å². The molecule has 72 valence electrons. The monoisotopic (exact) mass is 204 g/mol. The molecule has 1 aromatic heterocycles. The topological polar surface area (TPSA) is 38.9 Å². The van der Waals surface area contributed by atoms with Gasteiger partial charge in [-0.05, 0) is 24.6 Å². The van der Waals surface area contributed by atoms with E-state index in [9.17, 15) is 0 Å². The Kier molecular flexibility index (Phi) is 2.91. The van der Waals surface area contributed by atoms with E-state index in [1.54, 1.807) is 11.3 Å². The molecule has 0 spiro atoms. The lowest BCUT2D eigenvalue weighted by atomic mass is 10.1. The predicted molar refractivity (Wildman–Crippen MR) is 60.3 cm³/mol. The van der Waals surface area contributed by atoms with Crippen molar-refractivity contribution in [3.8, 4) is 10.6 Å². The van der Waals surface area contributed by atoms with Crippen molar-refractivity contribution in [1.29, 1.82) is 0 Å². The molecular weight excluding hydrogens is 192 g/mol. The minimum Gasteiger partial charge on any atom is -0.330 e. The molecule has 0 aliphatic carbocycles. The molecule has 0 saturated heterocycles. The third-order valence-electron chi connectivity index (χ3n) is 2.04. The van der Waals surface area contributed by atoms with Crippen LogP contribution in [0.25, 0.3) is 10.6 Å². The molecular formula is C11H12N2S. The quantitative estimate of drug-likeness (QED) is 0.833. The first kappa shape index (κ1) is 9.37. The van der Waals surface area contributed by atoms with Crippen molar-refractivity contribution < 1.29 is 0 Å². The van der Waals surface area contributed by atoms with Crippen LogP contribution in [-0.2, 0) is 6.42 Å². The molecule has 2 rings (SSSR count). The molecule has 3 heteroatoms. The number of hydrogen-bond donors (Lipinski definition) is 1. The van der Waals surface area contributed by atoms with Crippen LogP contribution in [0.3, 0.4) is 0 Å². The second-order valence-electron chi connectivity index (χ2n) is 3.08. The van der Waals surface area contributed by atoms with E-state index in [4.69, 9.17) is 5.73 Å². The maximum Gasteiger partial charge on any atom is 0.123 e. The van der Waals surface area contributed by atoms with E-state index in [1.807, 2.05) is 11.6 Å². The molecule has 2 nitrogen and oxygen atoms in total. The van der Waals surface area contributed by atoms with Crippen LogP contribution in [0.4, 0.5) is 0 Å². The first-order valence-electron chi connectivity index (χ1n) is 4.59. The van der Waals surface area contributed by atoms with E-state index in [0.717, 1.165) is 11.4 Å². The normalized spacial score (nSPS) is 10.4. The van der Waals surface area contributed by atoms with Crippen molar-refractivity contribution in [2.75, 3.05) is 6.54 Å². The number of benzene rings is 1. The average molecular weight is 204 g/mol. The summed E-state index contributed by atoms with van der Waals surface area (Å²) in [4.78, 5) is 4.27. The number of rotatable bonds is 3. The summed E-state index contributed by atoms with van der Waals surface area (Å²) >= 11 is 1.66. The molecule has 0 radical (unpaired) electrons. The Labute approximate surface area is 87.4 Å². The van der Waals surface area contributed by atoms with Gasteiger partial charge in [-0.15, -0.1) is 11.3 Å². The van der Waals surface area contributed by atoms with Crippen molar-refractivity contribution in [2.45, 2.75) is 6.42 Å². The van der Waals surface area contributed by atoms with Crippen molar-refractivity contribution in [2.24, 2.45) is 5.73 Å². The summed E-state index contributed by atoms with van der Waals surface area (Å²) in [5, 5.41) is 3.06. The van der Waals surface area contributed by atoms with Gasteiger partial charge >= 0.3 is 0 Å². The van der Waals surface area contributed by atoms with Gasteiger partial charge in [0, 0.05) is 17.1 Å². The zero-order valence-corrected chi connectivity index (χ0v) is 8.63. The van der Waals surface area contributed by atoms with E-state index in [-0.39, 0.29) is 0 Å². The van der Waals surface area contributed by atoms with Crippen molar-refractivity contribution in [3.05, 3.63) is 41.4 Å². The smallest absolute Gasteiger partial charge is 0.123 e. The Hall–Kier alpha value is -1.19. The Morgan fingerprint density at radius 1 is 1.36 bits per heavy atom. The van der Waals surface area contributed by atoms with E-state index >= 15 is 0 Å². The SMILES string of the molecule is NCCc1cccc(-c2nccs2)c1. The molecule has 0 fully saturated rings. The highest BCUT2D eigenvalue weighted by Gasteiger charge is 2.00. The summed E-state index contributed by atoms with van der Waals surface area (Å²) in [5.41, 5.74) is 7.98. The maximum atomic E-state index is 5.52. The summed E-state index contributed by atoms with van der Waals surface area (Å²) in [5.74, 6) is 0. The fourth-order valence-electron chi connectivity index (χ4n) is 1.39. The number of nitrogens with two attached hydrogens (primary N) is 1. The molecule has 14 heavy (non-hydrogen) atoms. The molecule has 0 saturated carbocycles. The number of hydrogen-bond acceptors (Lipinski definition) is 3. The maximum absolute atomic E-state index is 5.52. The molecule has 0 atom stereocenters. The van der Waals surface area contributed by atoms with E-state index in [1.165, 1.54) is 11.1 Å². The fourth-order valence-corrected chi connectivity index (χ4v) is 2.03. The Balaban J connectivity index is 2.31. The lowest BCUT2D eigenvalue weighted by Gasteiger charge is -2.00. The van der Waals surface area contributed by atoms with Gasteiger partial charge in [0.2, 0.25) is 0 Å². The highest BCUT2D eigenvalue weighted by molar-refractivity contribution is 7.13. The number of nitrogens with zero attached hydrogens (tertiary/aromatic N) is 1. The molecule has 0 amide bonds. The standard InChI is InChI=1S/C11H12N2S/c12-5-4-9-2-1-3-10(8-9)11-13-6-7-14-11/h1-3,6-8H,4-5,12H2. The minimum atomic E-state index is 0.696. The van der Waals surface area contributed by atoms with Gasteiger partial charge in [0.25, 0.3) is 0 Å². The van der Waals surface area contributed by atoms with Crippen LogP contribution < -0.4 is 5.73 Å². The van der Waals surface area contributed by atoms with Crippen LogP contribution in [-0.4, -0.2) is 11.5 Å². The van der Waals surface area contributed by atoms with E-state index in [2.05, 4.69) is 29.2 Å². The van der Waals surface area contributed by atoms with Gasteiger partial charge in [-0.3, -0.25) is 0 Å². The predicted octanol–water partition coefficient (Wildman–Crippen LogP) is 2.31. The average Bonchev–Trinajstić information content (AvgIpc) is 2.71. The van der Waals surface area contributed by atoms with Gasteiger partial charge in [-0.1, -0.05) is 18.2 Å². The highest BCUT2D eigenvalue weighted by atomic mass is 32.1. The molecule has 0 aliphatic heterocycles. The lowest BCUT2D eigenvalue weighted by Crippen LogP contribution is -2.02. The largest absolute Gasteiger partial charge is 0.330 e. The van der Waals surface area contributed by atoms with Gasteiger partial charge in [0.15, 0.2) is 0 Å². The minimum absolute atomic E-state index is 0.696. The molecule has 0 bridgehead atoms. The Bertz CT molecular complexity index is 395. The zero-order chi connectivity index (χ0) is 9.80. The second kappa shape index (κ2) is 4.35. The second-order valence-corrected chi connectivity index (χ2v) is 3.97. The number of thiazole rings is 1. The van der Waals surface area contributed by atoms with Crippen LogP contribution in [0.5, 0.6) is 0 Å². The van der Waals surface area contributed by atoms with E-state index < -0.39 is 0 Å². The molecule has 1 aromatic carbocycles. The highest BCUT2D eigenvalue weighted by Crippen LogP contribution is 2.22. The number of aromatic nitrogens is 1. The summed E-state index contributed by atoms with van der Waals surface area (Å²) in [6.45, 7) is 0.696. The molecule has 1 heterocycles. The van der Waals surface area contributed by atoms with Crippen molar-refractivity contribution in [3.63, 3.8) is 0 Å². The van der Waals surface area contributed by atoms with Crippen molar-refractivity contribution >= 4 is 11.3 Å². The summed E-state index contributed by atoms with van der Waals surface area (Å²) in [6.07, 6.45) is 2.76. The van der Waals surface area contributed by atoms with Gasteiger partial charge in [-0.25, -0.2) is 4.98 Å². The molecule has 0 unspecified atom stereocenters. The van der Waals surface area contributed by atoms with Crippen LogP contribution >= 0.6 is 11.3 Å². The van der Waals surface area contributed by atoms with Crippen LogP contribution in [0.2, 0.25) is 0 Å². The third kappa shape index (κ3) is 2.00. The molecule has 2 N–H and O–H groups in total. The Morgan fingerprint density at radius 2 is 2.29 bits per heavy atom. The summed E-state index contributed by atoms with van der Waals surface area (Å²) in [6, 6.07) is 8.40. The Morgan fingerprint density at radius 3 is 3.00 bits per heavy atom. The van der Waals surface area contributed by atoms with Gasteiger partial charge < -0.3 is 5.73 Å². The van der Waals surface area contributed by atoms with Crippen LogP contribution in [0, 0.1) is 0 Å². The van der Waals surface area contributed by atoms with Gasteiger partial charge in [0.05, 0.1) is 0 Å². The van der Waals surface area contributed by atoms with Gasteiger partial charge in [-0.2, -0.15) is 0 Å². The first-order valence-corrected chi connectivity index (χ1v) is 5.47. The van der Waals surface area contributed by atoms with Crippen LogP contribution in [0.1, 0.15) is 5.56 Å². The van der Waals surface area contributed by atoms with E-state index in [0.29, 0.717) is 6.54 Å². The fraction of sp³-hybridized carbons (Fsp3) is 0.182.